The summed E-state index contributed by atoms with van der Waals surface area (Å²) in [7, 11) is 0. The molecule has 3 N–H and O–H groups in total. The molecule has 1 atom stereocenters. The standard InChI is InChI=1S/C14H21N5O/c1-9-7-10(2)12(11(3)8-9)14(4,13(15)20)17-5-6-18-19-16/h7-8,17H,5-6H2,1-4H3,(H2,15,20). The van der Waals surface area contributed by atoms with Crippen LogP contribution < -0.4 is 11.1 Å². The quantitative estimate of drug-likeness (QED) is 0.359. The molecule has 0 fully saturated rings. The van der Waals surface area contributed by atoms with Crippen LogP contribution in [0, 0.1) is 20.8 Å². The van der Waals surface area contributed by atoms with Crippen LogP contribution in [-0.2, 0) is 10.3 Å². The van der Waals surface area contributed by atoms with Crippen molar-refractivity contribution in [2.45, 2.75) is 33.2 Å². The molecule has 0 heterocycles. The van der Waals surface area contributed by atoms with Gasteiger partial charge in [-0.25, -0.2) is 0 Å². The van der Waals surface area contributed by atoms with Crippen LogP contribution in [0.25, 0.3) is 10.4 Å². The number of carbonyl (C=O) groups excluding carboxylic acids is 1. The van der Waals surface area contributed by atoms with Crippen LogP contribution >= 0.6 is 0 Å². The number of amides is 1. The van der Waals surface area contributed by atoms with Gasteiger partial charge in [0.05, 0.1) is 0 Å². The van der Waals surface area contributed by atoms with Crippen molar-refractivity contribution in [2.75, 3.05) is 13.1 Å². The van der Waals surface area contributed by atoms with Crippen molar-refractivity contribution in [3.05, 3.63) is 44.8 Å². The number of rotatable bonds is 6. The molecule has 0 radical (unpaired) electrons. The minimum Gasteiger partial charge on any atom is -0.368 e. The summed E-state index contributed by atoms with van der Waals surface area (Å²) in [6.07, 6.45) is 0. The van der Waals surface area contributed by atoms with Crippen molar-refractivity contribution in [1.29, 1.82) is 0 Å². The highest BCUT2D eigenvalue weighted by Crippen LogP contribution is 2.28. The van der Waals surface area contributed by atoms with Crippen LogP contribution in [0.1, 0.15) is 29.2 Å². The lowest BCUT2D eigenvalue weighted by molar-refractivity contribution is -0.124. The average molecular weight is 275 g/mol. The Hall–Kier alpha value is -2.04. The number of hydrogen-bond acceptors (Lipinski definition) is 3. The Labute approximate surface area is 119 Å². The Kier molecular flexibility index (Phi) is 5.13. The molecule has 1 rings (SSSR count). The van der Waals surface area contributed by atoms with Crippen LogP contribution in [-0.4, -0.2) is 19.0 Å². The third kappa shape index (κ3) is 3.29. The third-order valence-corrected chi connectivity index (χ3v) is 3.42. The fourth-order valence-electron chi connectivity index (χ4n) is 2.67. The third-order valence-electron chi connectivity index (χ3n) is 3.42. The van der Waals surface area contributed by atoms with Crippen LogP contribution in [0.4, 0.5) is 0 Å². The van der Waals surface area contributed by atoms with E-state index in [0.29, 0.717) is 6.54 Å². The minimum absolute atomic E-state index is 0.267. The van der Waals surface area contributed by atoms with Gasteiger partial charge in [0.1, 0.15) is 5.54 Å². The first kappa shape index (κ1) is 16.0. The van der Waals surface area contributed by atoms with E-state index in [1.807, 2.05) is 32.9 Å². The summed E-state index contributed by atoms with van der Waals surface area (Å²) in [5, 5.41) is 6.56. The van der Waals surface area contributed by atoms with E-state index >= 15 is 0 Å². The molecule has 0 saturated carbocycles. The zero-order valence-corrected chi connectivity index (χ0v) is 12.4. The van der Waals surface area contributed by atoms with Crippen molar-refractivity contribution in [3.63, 3.8) is 0 Å². The molecule has 0 aliphatic carbocycles. The average Bonchev–Trinajstić information content (AvgIpc) is 2.33. The second-order valence-corrected chi connectivity index (χ2v) is 5.14. The zero-order valence-electron chi connectivity index (χ0n) is 12.4. The molecule has 108 valence electrons. The predicted molar refractivity (Wildman–Crippen MR) is 79.2 cm³/mol. The lowest BCUT2D eigenvalue weighted by atomic mass is 9.83. The van der Waals surface area contributed by atoms with Crippen molar-refractivity contribution in [1.82, 2.24) is 5.32 Å². The summed E-state index contributed by atoms with van der Waals surface area (Å²) < 4.78 is 0. The second kappa shape index (κ2) is 6.41. The van der Waals surface area contributed by atoms with E-state index in [-0.39, 0.29) is 6.54 Å². The van der Waals surface area contributed by atoms with Crippen LogP contribution in [0.5, 0.6) is 0 Å². The number of benzene rings is 1. The first-order valence-corrected chi connectivity index (χ1v) is 6.47. The monoisotopic (exact) mass is 275 g/mol. The molecule has 1 amide bonds. The Bertz CT molecular complexity index is 540. The number of primary amides is 1. The second-order valence-electron chi connectivity index (χ2n) is 5.14. The van der Waals surface area contributed by atoms with Gasteiger partial charge in [-0.15, -0.1) is 0 Å². The number of nitrogens with zero attached hydrogens (tertiary/aromatic N) is 3. The molecular formula is C14H21N5O. The molecule has 0 saturated heterocycles. The topological polar surface area (TPSA) is 104 Å². The lowest BCUT2D eigenvalue weighted by Gasteiger charge is -2.31. The smallest absolute Gasteiger partial charge is 0.242 e. The van der Waals surface area contributed by atoms with Crippen LogP contribution in [0.3, 0.4) is 0 Å². The molecule has 0 aliphatic heterocycles. The fraction of sp³-hybridized carbons (Fsp3) is 0.500. The van der Waals surface area contributed by atoms with E-state index in [9.17, 15) is 4.79 Å². The lowest BCUT2D eigenvalue weighted by Crippen LogP contribution is -2.52. The summed E-state index contributed by atoms with van der Waals surface area (Å²) in [6, 6.07) is 4.05. The molecule has 0 bridgehead atoms. The van der Waals surface area contributed by atoms with E-state index in [2.05, 4.69) is 15.3 Å². The van der Waals surface area contributed by atoms with Gasteiger partial charge in [-0.1, -0.05) is 22.8 Å². The zero-order chi connectivity index (χ0) is 15.3. The summed E-state index contributed by atoms with van der Waals surface area (Å²) in [5.41, 5.74) is 16.9. The van der Waals surface area contributed by atoms with E-state index in [0.717, 1.165) is 22.3 Å². The first-order chi connectivity index (χ1) is 9.32. The van der Waals surface area contributed by atoms with Crippen molar-refractivity contribution in [3.8, 4) is 0 Å². The highest BCUT2D eigenvalue weighted by atomic mass is 16.1. The Morgan fingerprint density at radius 2 is 1.95 bits per heavy atom. The van der Waals surface area contributed by atoms with Gasteiger partial charge in [0.15, 0.2) is 0 Å². The highest BCUT2D eigenvalue weighted by Gasteiger charge is 2.35. The van der Waals surface area contributed by atoms with Gasteiger partial charge in [0.2, 0.25) is 5.91 Å². The Morgan fingerprint density at radius 3 is 2.40 bits per heavy atom. The fourth-order valence-corrected chi connectivity index (χ4v) is 2.67. The van der Waals surface area contributed by atoms with E-state index in [4.69, 9.17) is 11.3 Å². The molecular weight excluding hydrogens is 254 g/mol. The summed E-state index contributed by atoms with van der Waals surface area (Å²) in [4.78, 5) is 14.6. The Balaban J connectivity index is 3.19. The molecule has 6 nitrogen and oxygen atoms in total. The van der Waals surface area contributed by atoms with E-state index in [1.54, 1.807) is 6.92 Å². The molecule has 1 aromatic rings. The number of nitrogens with one attached hydrogen (secondary N) is 1. The van der Waals surface area contributed by atoms with Gasteiger partial charge in [-0.2, -0.15) is 0 Å². The molecule has 0 spiro atoms. The number of azide groups is 1. The summed E-state index contributed by atoms with van der Waals surface area (Å²) in [6.45, 7) is 8.35. The number of hydrogen-bond donors (Lipinski definition) is 2. The van der Waals surface area contributed by atoms with Gasteiger partial charge in [-0.3, -0.25) is 10.1 Å². The largest absolute Gasteiger partial charge is 0.368 e. The maximum atomic E-state index is 11.9. The Morgan fingerprint density at radius 1 is 1.40 bits per heavy atom. The summed E-state index contributed by atoms with van der Waals surface area (Å²) >= 11 is 0. The van der Waals surface area contributed by atoms with Gasteiger partial charge in [-0.05, 0) is 49.9 Å². The van der Waals surface area contributed by atoms with Crippen LogP contribution in [0.2, 0.25) is 0 Å². The van der Waals surface area contributed by atoms with Crippen molar-refractivity contribution >= 4 is 5.91 Å². The minimum atomic E-state index is -0.979. The van der Waals surface area contributed by atoms with Gasteiger partial charge in [0, 0.05) is 18.0 Å². The molecule has 1 unspecified atom stereocenters. The predicted octanol–water partition coefficient (Wildman–Crippen LogP) is 2.21. The SMILES string of the molecule is Cc1cc(C)c(C(C)(NCCN=[N+]=[N-])C(N)=O)c(C)c1. The van der Waals surface area contributed by atoms with Gasteiger partial charge >= 0.3 is 0 Å². The molecule has 0 aromatic heterocycles. The molecule has 20 heavy (non-hydrogen) atoms. The molecule has 1 aromatic carbocycles. The number of nitrogens with two attached hydrogens (primary N) is 1. The normalized spacial score (nSPS) is 13.4. The molecule has 6 heteroatoms. The van der Waals surface area contributed by atoms with Gasteiger partial charge < -0.3 is 5.73 Å². The maximum Gasteiger partial charge on any atom is 0.242 e. The van der Waals surface area contributed by atoms with Gasteiger partial charge in [0.25, 0.3) is 0 Å². The highest BCUT2D eigenvalue weighted by molar-refractivity contribution is 5.86. The summed E-state index contributed by atoms with van der Waals surface area (Å²) in [5.74, 6) is -0.450. The van der Waals surface area contributed by atoms with Crippen LogP contribution in [0.15, 0.2) is 17.2 Å². The van der Waals surface area contributed by atoms with Crippen molar-refractivity contribution in [2.24, 2.45) is 10.8 Å². The number of aryl methyl sites for hydroxylation is 3. The maximum absolute atomic E-state index is 11.9. The number of carbonyl (C=O) groups is 1. The van der Waals surface area contributed by atoms with Crippen molar-refractivity contribution < 1.29 is 4.79 Å². The van der Waals surface area contributed by atoms with E-state index < -0.39 is 11.4 Å². The first-order valence-electron chi connectivity index (χ1n) is 6.47. The molecule has 0 aliphatic rings. The van der Waals surface area contributed by atoms with E-state index in [1.165, 1.54) is 0 Å².